The minimum Gasteiger partial charge on any atom is -0.357 e. The first kappa shape index (κ1) is 20.5. The molecule has 2 saturated heterocycles. The van der Waals surface area contributed by atoms with Crippen LogP contribution in [0.2, 0.25) is 0 Å². The van der Waals surface area contributed by atoms with Crippen molar-refractivity contribution in [3.63, 3.8) is 0 Å². The van der Waals surface area contributed by atoms with E-state index < -0.39 is 0 Å². The Hall–Kier alpha value is -0.850. The molecule has 2 aliphatic rings. The second-order valence-corrected chi connectivity index (χ2v) is 8.18. The van der Waals surface area contributed by atoms with Crippen molar-refractivity contribution in [1.82, 2.24) is 25.3 Å². The van der Waals surface area contributed by atoms with Crippen molar-refractivity contribution in [3.05, 3.63) is 0 Å². The highest BCUT2D eigenvalue weighted by atomic mass is 15.3. The van der Waals surface area contributed by atoms with E-state index in [2.05, 4.69) is 67.0 Å². The predicted octanol–water partition coefficient (Wildman–Crippen LogP) is 0.906. The van der Waals surface area contributed by atoms with Crippen LogP contribution in [0.3, 0.4) is 0 Å². The number of nitrogens with one attached hydrogen (secondary N) is 2. The maximum atomic E-state index is 4.90. The lowest BCUT2D eigenvalue weighted by atomic mass is 10.1. The average Bonchev–Trinajstić information content (AvgIpc) is 2.94. The Kier molecular flexibility index (Phi) is 7.97. The van der Waals surface area contributed by atoms with Crippen LogP contribution in [0.15, 0.2) is 4.99 Å². The number of nitrogens with zero attached hydrogens (tertiary/aromatic N) is 4. The molecule has 0 aromatic rings. The van der Waals surface area contributed by atoms with Gasteiger partial charge in [-0.25, -0.2) is 0 Å². The van der Waals surface area contributed by atoms with E-state index in [9.17, 15) is 0 Å². The third-order valence-corrected chi connectivity index (χ3v) is 5.71. The summed E-state index contributed by atoms with van der Waals surface area (Å²) in [6.45, 7) is 20.0. The summed E-state index contributed by atoms with van der Waals surface area (Å²) in [4.78, 5) is 12.4. The zero-order valence-corrected chi connectivity index (χ0v) is 17.3. The lowest BCUT2D eigenvalue weighted by Gasteiger charge is -2.36. The number of guanidine groups is 1. The SMILES string of the molecule is CCNC(=NCC(C)N1CCN(C)CC1)NC1CN(C(C)C)CC1C. The van der Waals surface area contributed by atoms with Gasteiger partial charge in [0.25, 0.3) is 0 Å². The molecule has 6 nitrogen and oxygen atoms in total. The van der Waals surface area contributed by atoms with E-state index in [1.807, 2.05) is 0 Å². The van der Waals surface area contributed by atoms with Gasteiger partial charge in [-0.2, -0.15) is 0 Å². The molecule has 25 heavy (non-hydrogen) atoms. The smallest absolute Gasteiger partial charge is 0.191 e. The molecule has 0 aliphatic carbocycles. The molecule has 2 fully saturated rings. The van der Waals surface area contributed by atoms with Gasteiger partial charge in [-0.1, -0.05) is 6.92 Å². The van der Waals surface area contributed by atoms with Crippen molar-refractivity contribution in [3.8, 4) is 0 Å². The van der Waals surface area contributed by atoms with Gasteiger partial charge in [0, 0.05) is 63.9 Å². The van der Waals surface area contributed by atoms with Gasteiger partial charge in [0.15, 0.2) is 5.96 Å². The highest BCUT2D eigenvalue weighted by Gasteiger charge is 2.31. The van der Waals surface area contributed by atoms with Gasteiger partial charge in [-0.3, -0.25) is 14.8 Å². The van der Waals surface area contributed by atoms with Crippen LogP contribution in [-0.4, -0.2) is 98.2 Å². The molecule has 146 valence electrons. The molecule has 0 spiro atoms. The van der Waals surface area contributed by atoms with Gasteiger partial charge in [-0.05, 0) is 40.7 Å². The highest BCUT2D eigenvalue weighted by molar-refractivity contribution is 5.80. The van der Waals surface area contributed by atoms with Gasteiger partial charge in [0.05, 0.1) is 6.54 Å². The molecule has 6 heteroatoms. The van der Waals surface area contributed by atoms with Crippen LogP contribution in [0.5, 0.6) is 0 Å². The van der Waals surface area contributed by atoms with E-state index in [0.717, 1.165) is 51.8 Å². The monoisotopic (exact) mass is 352 g/mol. The van der Waals surface area contributed by atoms with Gasteiger partial charge < -0.3 is 15.5 Å². The van der Waals surface area contributed by atoms with Crippen molar-refractivity contribution in [2.45, 2.75) is 52.7 Å². The van der Waals surface area contributed by atoms with Gasteiger partial charge in [-0.15, -0.1) is 0 Å². The second kappa shape index (κ2) is 9.74. The Labute approximate surface area is 155 Å². The van der Waals surface area contributed by atoms with Gasteiger partial charge in [0.2, 0.25) is 0 Å². The molecule has 3 unspecified atom stereocenters. The van der Waals surface area contributed by atoms with E-state index in [4.69, 9.17) is 4.99 Å². The molecule has 0 amide bonds. The van der Waals surface area contributed by atoms with Crippen LogP contribution >= 0.6 is 0 Å². The van der Waals surface area contributed by atoms with Crippen LogP contribution in [-0.2, 0) is 0 Å². The molecule has 2 N–H and O–H groups in total. The molecule has 2 heterocycles. The number of aliphatic imine (C=N–C) groups is 1. The summed E-state index contributed by atoms with van der Waals surface area (Å²) in [5, 5.41) is 7.12. The molecule has 0 radical (unpaired) electrons. The van der Waals surface area contributed by atoms with E-state index in [0.29, 0.717) is 24.0 Å². The minimum atomic E-state index is 0.485. The number of likely N-dealkylation sites (N-methyl/N-ethyl adjacent to an activating group) is 1. The summed E-state index contributed by atoms with van der Waals surface area (Å²) in [5.74, 6) is 1.63. The molecule has 3 atom stereocenters. The van der Waals surface area contributed by atoms with Crippen molar-refractivity contribution in [2.75, 3.05) is 59.4 Å². The van der Waals surface area contributed by atoms with E-state index in [-0.39, 0.29) is 0 Å². The minimum absolute atomic E-state index is 0.485. The van der Waals surface area contributed by atoms with E-state index >= 15 is 0 Å². The number of hydrogen-bond acceptors (Lipinski definition) is 4. The van der Waals surface area contributed by atoms with Crippen molar-refractivity contribution < 1.29 is 0 Å². The summed E-state index contributed by atoms with van der Waals surface area (Å²) < 4.78 is 0. The van der Waals surface area contributed by atoms with Crippen LogP contribution in [0.4, 0.5) is 0 Å². The molecular formula is C19H40N6. The molecule has 0 aromatic heterocycles. The lowest BCUT2D eigenvalue weighted by molar-refractivity contribution is 0.122. The topological polar surface area (TPSA) is 46.1 Å². The summed E-state index contributed by atoms with van der Waals surface area (Å²) in [5.41, 5.74) is 0. The largest absolute Gasteiger partial charge is 0.357 e. The quantitative estimate of drug-likeness (QED) is 0.550. The summed E-state index contributed by atoms with van der Waals surface area (Å²) in [6, 6.07) is 1.60. The fourth-order valence-corrected chi connectivity index (χ4v) is 3.71. The molecule has 0 aromatic carbocycles. The number of rotatable bonds is 6. The van der Waals surface area contributed by atoms with Crippen LogP contribution in [0.25, 0.3) is 0 Å². The van der Waals surface area contributed by atoms with E-state index in [1.54, 1.807) is 0 Å². The second-order valence-electron chi connectivity index (χ2n) is 8.18. The van der Waals surface area contributed by atoms with Crippen LogP contribution < -0.4 is 10.6 Å². The Morgan fingerprint density at radius 3 is 2.32 bits per heavy atom. The fraction of sp³-hybridized carbons (Fsp3) is 0.947. The number of piperazine rings is 1. The first-order chi connectivity index (χ1) is 11.9. The van der Waals surface area contributed by atoms with Crippen molar-refractivity contribution in [2.24, 2.45) is 10.9 Å². The number of hydrogen-bond donors (Lipinski definition) is 2. The Morgan fingerprint density at radius 1 is 1.08 bits per heavy atom. The normalized spacial score (nSPS) is 28.5. The summed E-state index contributed by atoms with van der Waals surface area (Å²) in [7, 11) is 2.20. The van der Waals surface area contributed by atoms with Gasteiger partial charge in [0.1, 0.15) is 0 Å². The third kappa shape index (κ3) is 6.12. The summed E-state index contributed by atoms with van der Waals surface area (Å²) >= 11 is 0. The molecule has 2 rings (SSSR count). The van der Waals surface area contributed by atoms with Crippen molar-refractivity contribution in [1.29, 1.82) is 0 Å². The van der Waals surface area contributed by atoms with E-state index in [1.165, 1.54) is 6.54 Å². The Bertz CT molecular complexity index is 416. The van der Waals surface area contributed by atoms with Crippen molar-refractivity contribution >= 4 is 5.96 Å². The first-order valence-electron chi connectivity index (χ1n) is 10.1. The maximum Gasteiger partial charge on any atom is 0.191 e. The lowest BCUT2D eigenvalue weighted by Crippen LogP contribution is -2.50. The Balaban J connectivity index is 1.87. The first-order valence-corrected chi connectivity index (χ1v) is 10.1. The standard InChI is InChI=1S/C19H40N6/c1-7-20-19(22-18-14-25(15(2)3)13-16(18)4)21-12-17(5)24-10-8-23(6)9-11-24/h15-18H,7-14H2,1-6H3,(H2,20,21,22). The number of likely N-dealkylation sites (tertiary alicyclic amines) is 1. The third-order valence-electron chi connectivity index (χ3n) is 5.71. The molecule has 0 saturated carbocycles. The van der Waals surface area contributed by atoms with Crippen LogP contribution in [0.1, 0.15) is 34.6 Å². The fourth-order valence-electron chi connectivity index (χ4n) is 3.71. The molecule has 2 aliphatic heterocycles. The summed E-state index contributed by atoms with van der Waals surface area (Å²) in [6.07, 6.45) is 0. The highest BCUT2D eigenvalue weighted by Crippen LogP contribution is 2.18. The zero-order valence-electron chi connectivity index (χ0n) is 17.3. The zero-order chi connectivity index (χ0) is 18.4. The Morgan fingerprint density at radius 2 is 1.76 bits per heavy atom. The molecular weight excluding hydrogens is 312 g/mol. The maximum absolute atomic E-state index is 4.90. The predicted molar refractivity (Wildman–Crippen MR) is 107 cm³/mol. The van der Waals surface area contributed by atoms with Gasteiger partial charge >= 0.3 is 0 Å². The average molecular weight is 353 g/mol. The molecule has 0 bridgehead atoms. The van der Waals surface area contributed by atoms with Crippen LogP contribution in [0, 0.1) is 5.92 Å².